The third-order valence-corrected chi connectivity index (χ3v) is 5.65. The molecule has 0 N–H and O–H groups in total. The van der Waals surface area contributed by atoms with Crippen LogP contribution in [0.25, 0.3) is 15.2 Å². The Morgan fingerprint density at radius 1 is 1.28 bits per heavy atom. The number of benzene rings is 2. The number of fused-ring (bicyclic) bond motifs is 3. The van der Waals surface area contributed by atoms with Crippen molar-refractivity contribution in [1.29, 1.82) is 0 Å². The molecule has 0 aliphatic heterocycles. The third kappa shape index (κ3) is 2.87. The summed E-state index contributed by atoms with van der Waals surface area (Å²) in [5, 5.41) is 8.96. The van der Waals surface area contributed by atoms with Gasteiger partial charge in [-0.2, -0.15) is 0 Å². The Balaban J connectivity index is 1.62. The van der Waals surface area contributed by atoms with Gasteiger partial charge in [-0.15, -0.1) is 10.2 Å². The molecule has 0 atom stereocenters. The van der Waals surface area contributed by atoms with E-state index in [0.29, 0.717) is 10.9 Å². The second-order valence-corrected chi connectivity index (χ2v) is 7.18. The first kappa shape index (κ1) is 16.0. The van der Waals surface area contributed by atoms with Crippen molar-refractivity contribution in [3.63, 3.8) is 0 Å². The molecule has 0 amide bonds. The van der Waals surface area contributed by atoms with E-state index in [0.717, 1.165) is 15.2 Å². The minimum Gasteiger partial charge on any atom is -0.496 e. The molecule has 5 nitrogen and oxygen atoms in total. The zero-order valence-corrected chi connectivity index (χ0v) is 14.7. The molecule has 0 radical (unpaired) electrons. The van der Waals surface area contributed by atoms with E-state index < -0.39 is 5.82 Å². The lowest BCUT2D eigenvalue weighted by atomic mass is 10.1. The lowest BCUT2D eigenvalue weighted by molar-refractivity contribution is 0.101. The number of carbonyl (C=O) groups is 1. The van der Waals surface area contributed by atoms with Gasteiger partial charge in [-0.1, -0.05) is 35.2 Å². The van der Waals surface area contributed by atoms with E-state index in [4.69, 9.17) is 4.74 Å². The first-order chi connectivity index (χ1) is 12.2. The van der Waals surface area contributed by atoms with Gasteiger partial charge in [-0.25, -0.2) is 4.39 Å². The van der Waals surface area contributed by atoms with Gasteiger partial charge in [-0.05, 0) is 30.3 Å². The van der Waals surface area contributed by atoms with Gasteiger partial charge in [0.25, 0.3) is 0 Å². The fourth-order valence-electron chi connectivity index (χ4n) is 2.55. The number of rotatable bonds is 5. The van der Waals surface area contributed by atoms with Crippen LogP contribution in [0.15, 0.2) is 47.6 Å². The molecule has 4 aromatic rings. The van der Waals surface area contributed by atoms with E-state index in [1.165, 1.54) is 37.1 Å². The zero-order chi connectivity index (χ0) is 17.4. The number of ketones is 1. The van der Waals surface area contributed by atoms with Gasteiger partial charge >= 0.3 is 0 Å². The van der Waals surface area contributed by atoms with Crippen molar-refractivity contribution in [2.45, 2.75) is 5.16 Å². The van der Waals surface area contributed by atoms with Crippen molar-refractivity contribution in [2.24, 2.45) is 0 Å². The van der Waals surface area contributed by atoms with E-state index in [9.17, 15) is 9.18 Å². The highest BCUT2D eigenvalue weighted by atomic mass is 32.2. The normalized spacial score (nSPS) is 11.3. The first-order valence-electron chi connectivity index (χ1n) is 7.39. The number of hydrogen-bond acceptors (Lipinski definition) is 6. The smallest absolute Gasteiger partial charge is 0.217 e. The molecule has 0 aliphatic rings. The fourth-order valence-corrected chi connectivity index (χ4v) is 4.41. The summed E-state index contributed by atoms with van der Waals surface area (Å²) in [5.41, 5.74) is 1.23. The van der Waals surface area contributed by atoms with Crippen LogP contribution in [-0.4, -0.2) is 33.2 Å². The fraction of sp³-hybridized carbons (Fsp3) is 0.118. The van der Waals surface area contributed by atoms with Crippen LogP contribution in [0, 0.1) is 5.82 Å². The monoisotopic (exact) mass is 373 g/mol. The number of halogens is 1. The van der Waals surface area contributed by atoms with Gasteiger partial charge in [-0.3, -0.25) is 9.20 Å². The molecule has 2 heterocycles. The molecule has 0 bridgehead atoms. The number of ether oxygens (including phenoxy) is 1. The van der Waals surface area contributed by atoms with E-state index >= 15 is 0 Å². The van der Waals surface area contributed by atoms with Crippen LogP contribution in [0.2, 0.25) is 0 Å². The number of hydrogen-bond donors (Lipinski definition) is 0. The molecule has 25 heavy (non-hydrogen) atoms. The van der Waals surface area contributed by atoms with Gasteiger partial charge in [0.1, 0.15) is 11.6 Å². The lowest BCUT2D eigenvalue weighted by Crippen LogP contribution is -2.06. The summed E-state index contributed by atoms with van der Waals surface area (Å²) in [7, 11) is 1.46. The Morgan fingerprint density at radius 3 is 2.96 bits per heavy atom. The molecule has 0 saturated carbocycles. The summed E-state index contributed by atoms with van der Waals surface area (Å²) in [6.07, 6.45) is 0. The number of Topliss-reactive ketones (excluding diaryl/α,β-unsaturated/α-hetero) is 1. The second kappa shape index (κ2) is 6.45. The largest absolute Gasteiger partial charge is 0.496 e. The van der Waals surface area contributed by atoms with Crippen LogP contribution in [-0.2, 0) is 0 Å². The van der Waals surface area contributed by atoms with Gasteiger partial charge < -0.3 is 4.74 Å². The maximum atomic E-state index is 13.5. The number of nitrogens with zero attached hydrogens (tertiary/aromatic N) is 3. The molecule has 0 aliphatic carbocycles. The highest BCUT2D eigenvalue weighted by Gasteiger charge is 2.17. The lowest BCUT2D eigenvalue weighted by Gasteiger charge is -2.07. The number of aromatic nitrogens is 3. The SMILES string of the molecule is COc1ccc(F)cc1C(=O)CSc1nnc2sc3ccccc3n12. The molecule has 0 fully saturated rings. The van der Waals surface area contributed by atoms with Gasteiger partial charge in [0.15, 0.2) is 10.9 Å². The number of thiazole rings is 1. The Morgan fingerprint density at radius 2 is 2.12 bits per heavy atom. The van der Waals surface area contributed by atoms with E-state index in [1.54, 1.807) is 11.3 Å². The molecular weight excluding hydrogens is 361 g/mol. The minimum absolute atomic E-state index is 0.116. The van der Waals surface area contributed by atoms with Crippen LogP contribution < -0.4 is 4.74 Å². The summed E-state index contributed by atoms with van der Waals surface area (Å²) < 4.78 is 21.6. The standard InChI is InChI=1S/C17H12FN3O2S2/c1-23-14-7-6-10(18)8-11(14)13(22)9-24-16-19-20-17-21(16)12-4-2-3-5-15(12)25-17/h2-8H,9H2,1H3. The molecular formula is C17H12FN3O2S2. The average Bonchev–Trinajstić information content (AvgIpc) is 3.19. The topological polar surface area (TPSA) is 56.5 Å². The number of methoxy groups -OCH3 is 1. The minimum atomic E-state index is -0.470. The molecule has 8 heteroatoms. The maximum Gasteiger partial charge on any atom is 0.217 e. The molecule has 4 rings (SSSR count). The van der Waals surface area contributed by atoms with Crippen molar-refractivity contribution in [2.75, 3.05) is 12.9 Å². The van der Waals surface area contributed by atoms with Crippen molar-refractivity contribution >= 4 is 44.1 Å². The Kier molecular flexibility index (Phi) is 4.14. The van der Waals surface area contributed by atoms with E-state index in [-0.39, 0.29) is 17.1 Å². The molecule has 2 aromatic carbocycles. The summed E-state index contributed by atoms with van der Waals surface area (Å²) in [5.74, 6) is -0.218. The summed E-state index contributed by atoms with van der Waals surface area (Å²) in [6.45, 7) is 0. The predicted octanol–water partition coefficient (Wildman–Crippen LogP) is 4.07. The third-order valence-electron chi connectivity index (χ3n) is 3.71. The average molecular weight is 373 g/mol. The predicted molar refractivity (Wildman–Crippen MR) is 96.4 cm³/mol. The van der Waals surface area contributed by atoms with Crippen LogP contribution in [0.3, 0.4) is 0 Å². The highest BCUT2D eigenvalue weighted by molar-refractivity contribution is 7.99. The van der Waals surface area contributed by atoms with Crippen LogP contribution in [0.5, 0.6) is 5.75 Å². The molecule has 0 spiro atoms. The Labute approximate surface area is 150 Å². The quantitative estimate of drug-likeness (QED) is 0.390. The summed E-state index contributed by atoms with van der Waals surface area (Å²) >= 11 is 2.82. The van der Waals surface area contributed by atoms with E-state index in [1.807, 2.05) is 28.7 Å². The van der Waals surface area contributed by atoms with Crippen molar-refractivity contribution in [3.05, 3.63) is 53.8 Å². The second-order valence-electron chi connectivity index (χ2n) is 5.23. The number of thioether (sulfide) groups is 1. The Hall–Kier alpha value is -2.45. The van der Waals surface area contributed by atoms with E-state index in [2.05, 4.69) is 10.2 Å². The Bertz CT molecular complexity index is 1090. The molecule has 126 valence electrons. The number of para-hydroxylation sites is 1. The first-order valence-corrected chi connectivity index (χ1v) is 9.20. The van der Waals surface area contributed by atoms with Gasteiger partial charge in [0.2, 0.25) is 4.96 Å². The van der Waals surface area contributed by atoms with Crippen molar-refractivity contribution in [1.82, 2.24) is 14.6 Å². The summed E-state index contributed by atoms with van der Waals surface area (Å²) in [6, 6.07) is 11.8. The zero-order valence-electron chi connectivity index (χ0n) is 13.1. The number of carbonyl (C=O) groups excluding carboxylic acids is 1. The van der Waals surface area contributed by atoms with Crippen molar-refractivity contribution in [3.8, 4) is 5.75 Å². The molecule has 2 aromatic heterocycles. The van der Waals surface area contributed by atoms with Crippen LogP contribution in [0.1, 0.15) is 10.4 Å². The van der Waals surface area contributed by atoms with Gasteiger partial charge in [0, 0.05) is 0 Å². The van der Waals surface area contributed by atoms with Gasteiger partial charge in [0.05, 0.1) is 28.6 Å². The van der Waals surface area contributed by atoms with Crippen LogP contribution in [0.4, 0.5) is 4.39 Å². The van der Waals surface area contributed by atoms with Crippen LogP contribution >= 0.6 is 23.1 Å². The highest BCUT2D eigenvalue weighted by Crippen LogP contribution is 2.30. The summed E-state index contributed by atoms with van der Waals surface area (Å²) in [4.78, 5) is 13.3. The molecule has 0 unspecified atom stereocenters. The van der Waals surface area contributed by atoms with Crippen molar-refractivity contribution < 1.29 is 13.9 Å². The maximum absolute atomic E-state index is 13.5. The molecule has 0 saturated heterocycles.